The molecule has 0 saturated carbocycles. The van der Waals surface area contributed by atoms with Crippen LogP contribution in [0.1, 0.15) is 38.7 Å². The molecule has 2 rings (SSSR count). The number of hydrogen-bond acceptors (Lipinski definition) is 3. The molecule has 0 unspecified atom stereocenters. The minimum absolute atomic E-state index is 0. The second-order valence-electron chi connectivity index (χ2n) is 6.85. The molecule has 1 aliphatic rings. The van der Waals surface area contributed by atoms with E-state index in [0.717, 1.165) is 38.0 Å². The highest BCUT2D eigenvalue weighted by Gasteiger charge is 2.19. The largest absolute Gasteiger partial charge is 0.357 e. The van der Waals surface area contributed by atoms with Crippen molar-refractivity contribution >= 4 is 41.8 Å². The van der Waals surface area contributed by atoms with Crippen molar-refractivity contribution in [2.45, 2.75) is 39.7 Å². The number of hydrogen-bond donors (Lipinski definition) is 2. The van der Waals surface area contributed by atoms with Gasteiger partial charge in [0.2, 0.25) is 11.8 Å². The van der Waals surface area contributed by atoms with Gasteiger partial charge in [0.05, 0.1) is 0 Å². The molecule has 0 atom stereocenters. The highest BCUT2D eigenvalue weighted by atomic mass is 127. The summed E-state index contributed by atoms with van der Waals surface area (Å²) in [6.07, 6.45) is 2.51. The van der Waals surface area contributed by atoms with Crippen LogP contribution >= 0.6 is 24.0 Å². The van der Waals surface area contributed by atoms with E-state index in [2.05, 4.69) is 15.6 Å². The zero-order chi connectivity index (χ0) is 20.2. The van der Waals surface area contributed by atoms with Crippen LogP contribution in [0.2, 0.25) is 0 Å². The van der Waals surface area contributed by atoms with Crippen molar-refractivity contribution in [3.63, 3.8) is 0 Å². The third kappa shape index (κ3) is 9.01. The number of nitrogens with zero attached hydrogens (tertiary/aromatic N) is 3. The van der Waals surface area contributed by atoms with Crippen LogP contribution in [-0.4, -0.2) is 66.8 Å². The van der Waals surface area contributed by atoms with Crippen molar-refractivity contribution in [3.05, 3.63) is 35.9 Å². The number of benzene rings is 1. The Morgan fingerprint density at radius 2 is 1.97 bits per heavy atom. The van der Waals surface area contributed by atoms with Crippen molar-refractivity contribution in [2.75, 3.05) is 39.3 Å². The topological polar surface area (TPSA) is 77.0 Å². The second-order valence-corrected chi connectivity index (χ2v) is 6.85. The molecule has 1 heterocycles. The van der Waals surface area contributed by atoms with E-state index in [-0.39, 0.29) is 42.3 Å². The second kappa shape index (κ2) is 14.2. The zero-order valence-corrected chi connectivity index (χ0v) is 19.9. The SMILES string of the molecule is CCNC(=NCC(=O)N(CC)Cc1ccccc1)NCCCN1CCCC1=O.I. The molecule has 0 spiro atoms. The van der Waals surface area contributed by atoms with E-state index in [9.17, 15) is 9.59 Å². The van der Waals surface area contributed by atoms with Gasteiger partial charge in [-0.3, -0.25) is 9.59 Å². The van der Waals surface area contributed by atoms with Crippen molar-refractivity contribution < 1.29 is 9.59 Å². The Bertz CT molecular complexity index is 654. The van der Waals surface area contributed by atoms with Gasteiger partial charge in [-0.05, 0) is 32.3 Å². The number of carbonyl (C=O) groups is 2. The molecule has 0 bridgehead atoms. The van der Waals surface area contributed by atoms with Crippen LogP contribution in [0.25, 0.3) is 0 Å². The summed E-state index contributed by atoms with van der Waals surface area (Å²) in [6.45, 7) is 8.42. The summed E-state index contributed by atoms with van der Waals surface area (Å²) in [5.74, 6) is 0.898. The summed E-state index contributed by atoms with van der Waals surface area (Å²) < 4.78 is 0. The van der Waals surface area contributed by atoms with E-state index in [1.54, 1.807) is 4.90 Å². The van der Waals surface area contributed by atoms with Crippen LogP contribution in [0.3, 0.4) is 0 Å². The lowest BCUT2D eigenvalue weighted by atomic mass is 10.2. The van der Waals surface area contributed by atoms with Crippen LogP contribution in [0, 0.1) is 0 Å². The first-order chi connectivity index (χ1) is 13.6. The summed E-state index contributed by atoms with van der Waals surface area (Å²) in [4.78, 5) is 32.3. The summed E-state index contributed by atoms with van der Waals surface area (Å²) in [5.41, 5.74) is 1.11. The summed E-state index contributed by atoms with van der Waals surface area (Å²) in [6, 6.07) is 9.98. The van der Waals surface area contributed by atoms with Crippen molar-refractivity contribution in [3.8, 4) is 0 Å². The van der Waals surface area contributed by atoms with Crippen LogP contribution in [0.4, 0.5) is 0 Å². The predicted molar refractivity (Wildman–Crippen MR) is 127 cm³/mol. The Morgan fingerprint density at radius 3 is 2.59 bits per heavy atom. The number of guanidine groups is 1. The molecule has 1 aromatic carbocycles. The molecule has 7 nitrogen and oxygen atoms in total. The van der Waals surface area contributed by atoms with Gasteiger partial charge in [0.15, 0.2) is 5.96 Å². The molecule has 1 saturated heterocycles. The highest BCUT2D eigenvalue weighted by Crippen LogP contribution is 2.09. The Hall–Kier alpha value is -1.84. The molecule has 0 radical (unpaired) electrons. The Labute approximate surface area is 191 Å². The fraction of sp³-hybridized carbons (Fsp3) is 0.571. The van der Waals surface area contributed by atoms with Crippen LogP contribution in [0.5, 0.6) is 0 Å². The van der Waals surface area contributed by atoms with Crippen LogP contribution in [0.15, 0.2) is 35.3 Å². The summed E-state index contributed by atoms with van der Waals surface area (Å²) in [5, 5.41) is 6.42. The molecule has 2 amide bonds. The third-order valence-electron chi connectivity index (χ3n) is 4.74. The lowest BCUT2D eigenvalue weighted by Crippen LogP contribution is -2.40. The Kier molecular flexibility index (Phi) is 12.3. The molecule has 1 fully saturated rings. The quantitative estimate of drug-likeness (QED) is 0.217. The molecule has 1 aromatic rings. The van der Waals surface area contributed by atoms with Crippen LogP contribution < -0.4 is 10.6 Å². The van der Waals surface area contributed by atoms with E-state index in [1.807, 2.05) is 49.1 Å². The maximum Gasteiger partial charge on any atom is 0.244 e. The smallest absolute Gasteiger partial charge is 0.244 e. The van der Waals surface area contributed by atoms with Crippen molar-refractivity contribution in [2.24, 2.45) is 4.99 Å². The van der Waals surface area contributed by atoms with E-state index >= 15 is 0 Å². The number of rotatable bonds is 10. The van der Waals surface area contributed by atoms with Crippen molar-refractivity contribution in [1.82, 2.24) is 20.4 Å². The normalized spacial score (nSPS) is 13.8. The van der Waals surface area contributed by atoms with Gasteiger partial charge in [-0.15, -0.1) is 24.0 Å². The predicted octanol–water partition coefficient (Wildman–Crippen LogP) is 2.22. The molecular weight excluding hydrogens is 481 g/mol. The highest BCUT2D eigenvalue weighted by molar-refractivity contribution is 14.0. The van der Waals surface area contributed by atoms with Crippen molar-refractivity contribution in [1.29, 1.82) is 0 Å². The van der Waals surface area contributed by atoms with E-state index in [1.165, 1.54) is 0 Å². The van der Waals surface area contributed by atoms with Gasteiger partial charge < -0.3 is 20.4 Å². The fourth-order valence-corrected chi connectivity index (χ4v) is 3.19. The monoisotopic (exact) mass is 515 g/mol. The number of amides is 2. The Morgan fingerprint density at radius 1 is 1.21 bits per heavy atom. The van der Waals surface area contributed by atoms with Gasteiger partial charge in [0.25, 0.3) is 0 Å². The molecule has 2 N–H and O–H groups in total. The summed E-state index contributed by atoms with van der Waals surface area (Å²) in [7, 11) is 0. The minimum Gasteiger partial charge on any atom is -0.357 e. The molecule has 29 heavy (non-hydrogen) atoms. The lowest BCUT2D eigenvalue weighted by molar-refractivity contribution is -0.130. The number of aliphatic imine (C=N–C) groups is 1. The first-order valence-electron chi connectivity index (χ1n) is 10.3. The minimum atomic E-state index is 0. The maximum atomic E-state index is 12.5. The Balaban J connectivity index is 0.00000420. The van der Waals surface area contributed by atoms with Gasteiger partial charge in [0, 0.05) is 45.7 Å². The average molecular weight is 515 g/mol. The van der Waals surface area contributed by atoms with Crippen LogP contribution in [-0.2, 0) is 16.1 Å². The molecule has 162 valence electrons. The number of nitrogens with one attached hydrogen (secondary N) is 2. The fourth-order valence-electron chi connectivity index (χ4n) is 3.19. The number of likely N-dealkylation sites (N-methyl/N-ethyl adjacent to an activating group) is 1. The molecule has 1 aliphatic heterocycles. The maximum absolute atomic E-state index is 12.5. The van der Waals surface area contributed by atoms with Gasteiger partial charge in [-0.1, -0.05) is 30.3 Å². The lowest BCUT2D eigenvalue weighted by Gasteiger charge is -2.20. The first kappa shape index (κ1) is 25.2. The molecular formula is C21H34IN5O2. The number of halogens is 1. The average Bonchev–Trinajstić information content (AvgIpc) is 3.12. The molecule has 0 aliphatic carbocycles. The van der Waals surface area contributed by atoms with Gasteiger partial charge in [0.1, 0.15) is 6.54 Å². The van der Waals surface area contributed by atoms with Gasteiger partial charge >= 0.3 is 0 Å². The van der Waals surface area contributed by atoms with E-state index in [0.29, 0.717) is 32.0 Å². The first-order valence-corrected chi connectivity index (χ1v) is 10.3. The molecule has 8 heteroatoms. The van der Waals surface area contributed by atoms with E-state index < -0.39 is 0 Å². The third-order valence-corrected chi connectivity index (χ3v) is 4.74. The molecule has 0 aromatic heterocycles. The van der Waals surface area contributed by atoms with E-state index in [4.69, 9.17) is 0 Å². The summed E-state index contributed by atoms with van der Waals surface area (Å²) >= 11 is 0. The van der Waals surface area contributed by atoms with Gasteiger partial charge in [-0.25, -0.2) is 4.99 Å². The van der Waals surface area contributed by atoms with Gasteiger partial charge in [-0.2, -0.15) is 0 Å². The number of likely N-dealkylation sites (tertiary alicyclic amines) is 1. The zero-order valence-electron chi connectivity index (χ0n) is 17.5. The number of carbonyl (C=O) groups excluding carboxylic acids is 2. The standard InChI is InChI=1S/C21H33N5O2.HI/c1-3-22-21(23-13-9-15-26-14-8-12-19(26)27)24-16-20(28)25(4-2)17-18-10-6-5-7-11-18;/h5-7,10-11H,3-4,8-9,12-17H2,1-2H3,(H2,22,23,24);1H.